The molecule has 0 amide bonds. The van der Waals surface area contributed by atoms with Gasteiger partial charge in [0.15, 0.2) is 0 Å². The molecule has 0 fully saturated rings. The topological polar surface area (TPSA) is 65.3 Å². The van der Waals surface area contributed by atoms with Crippen molar-refractivity contribution in [3.05, 3.63) is 56.8 Å². The molecule has 2 rings (SSSR count). The van der Waals surface area contributed by atoms with Gasteiger partial charge in [-0.3, -0.25) is 15.1 Å². The van der Waals surface area contributed by atoms with Gasteiger partial charge < -0.3 is 4.74 Å². The second-order valence-electron chi connectivity index (χ2n) is 3.64. The molecule has 5 nitrogen and oxygen atoms in total. The van der Waals surface area contributed by atoms with E-state index in [9.17, 15) is 10.1 Å². The highest BCUT2D eigenvalue weighted by Crippen LogP contribution is 2.34. The molecule has 1 aromatic heterocycles. The van der Waals surface area contributed by atoms with Crippen molar-refractivity contribution in [3.8, 4) is 11.5 Å². The predicted molar refractivity (Wildman–Crippen MR) is 69.8 cm³/mol. The van der Waals surface area contributed by atoms with E-state index in [1.165, 1.54) is 6.07 Å². The van der Waals surface area contributed by atoms with Crippen molar-refractivity contribution in [1.82, 2.24) is 4.98 Å². The summed E-state index contributed by atoms with van der Waals surface area (Å²) in [6.45, 7) is 1.85. The van der Waals surface area contributed by atoms with Gasteiger partial charge in [-0.15, -0.1) is 0 Å². The number of ether oxygens (including phenoxy) is 1. The number of benzene rings is 1. The number of hydrogen-bond acceptors (Lipinski definition) is 4. The number of aromatic nitrogens is 1. The molecule has 0 bridgehead atoms. The molecule has 0 aliphatic carbocycles. The van der Waals surface area contributed by atoms with E-state index in [0.29, 0.717) is 10.2 Å². The van der Waals surface area contributed by atoms with Gasteiger partial charge >= 0.3 is 5.69 Å². The molecule has 18 heavy (non-hydrogen) atoms. The maximum Gasteiger partial charge on any atom is 0.311 e. The number of hydrogen-bond donors (Lipinski definition) is 0. The van der Waals surface area contributed by atoms with Gasteiger partial charge in [0.25, 0.3) is 0 Å². The molecule has 1 aromatic carbocycles. The molecule has 0 N–H and O–H groups in total. The lowest BCUT2D eigenvalue weighted by molar-refractivity contribution is -0.385. The second-order valence-corrected chi connectivity index (χ2v) is 4.49. The Morgan fingerprint density at radius 1 is 1.33 bits per heavy atom. The minimum absolute atomic E-state index is 0.0655. The number of pyridine rings is 1. The quantitative estimate of drug-likeness (QED) is 0.638. The fourth-order valence-corrected chi connectivity index (χ4v) is 1.75. The summed E-state index contributed by atoms with van der Waals surface area (Å²) >= 11 is 3.28. The van der Waals surface area contributed by atoms with E-state index >= 15 is 0 Å². The van der Waals surface area contributed by atoms with Crippen molar-refractivity contribution in [2.75, 3.05) is 0 Å². The highest BCUT2D eigenvalue weighted by atomic mass is 79.9. The highest BCUT2D eigenvalue weighted by Gasteiger charge is 2.16. The van der Waals surface area contributed by atoms with Crippen LogP contribution in [-0.4, -0.2) is 9.91 Å². The van der Waals surface area contributed by atoms with Crippen molar-refractivity contribution in [2.24, 2.45) is 0 Å². The lowest BCUT2D eigenvalue weighted by Gasteiger charge is -2.08. The molecule has 0 saturated heterocycles. The number of nitro benzene ring substituents is 1. The van der Waals surface area contributed by atoms with Crippen LogP contribution in [0.15, 0.2) is 41.1 Å². The van der Waals surface area contributed by atoms with E-state index in [-0.39, 0.29) is 11.4 Å². The first kappa shape index (κ1) is 12.5. The zero-order valence-electron chi connectivity index (χ0n) is 9.46. The van der Waals surface area contributed by atoms with Gasteiger partial charge in [-0.2, -0.15) is 0 Å². The first-order valence-corrected chi connectivity index (χ1v) is 5.89. The van der Waals surface area contributed by atoms with E-state index < -0.39 is 4.92 Å². The molecule has 0 unspecified atom stereocenters. The normalized spacial score (nSPS) is 10.1. The van der Waals surface area contributed by atoms with E-state index in [4.69, 9.17) is 4.74 Å². The Morgan fingerprint density at radius 2 is 2.11 bits per heavy atom. The van der Waals surface area contributed by atoms with Crippen LogP contribution in [0.3, 0.4) is 0 Å². The first-order valence-electron chi connectivity index (χ1n) is 5.10. The molecular weight excluding hydrogens is 300 g/mol. The fourth-order valence-electron chi connectivity index (χ4n) is 1.42. The second kappa shape index (κ2) is 5.14. The molecule has 6 heteroatoms. The largest absolute Gasteiger partial charge is 0.449 e. The minimum Gasteiger partial charge on any atom is -0.449 e. The van der Waals surface area contributed by atoms with E-state index in [1.54, 1.807) is 30.6 Å². The monoisotopic (exact) mass is 308 g/mol. The predicted octanol–water partition coefficient (Wildman–Crippen LogP) is 3.85. The van der Waals surface area contributed by atoms with Crippen LogP contribution in [0, 0.1) is 17.0 Å². The Kier molecular flexibility index (Phi) is 3.57. The minimum atomic E-state index is -0.468. The summed E-state index contributed by atoms with van der Waals surface area (Å²) in [6.07, 6.45) is 3.12. The number of rotatable bonds is 3. The number of aryl methyl sites for hydroxylation is 1. The summed E-state index contributed by atoms with van der Waals surface area (Å²) in [7, 11) is 0. The molecule has 0 aliphatic heterocycles. The van der Waals surface area contributed by atoms with Crippen LogP contribution in [-0.2, 0) is 0 Å². The maximum atomic E-state index is 10.9. The van der Waals surface area contributed by atoms with Crippen LogP contribution < -0.4 is 4.74 Å². The van der Waals surface area contributed by atoms with Crippen LogP contribution in [0.4, 0.5) is 5.69 Å². The van der Waals surface area contributed by atoms with Crippen molar-refractivity contribution < 1.29 is 9.66 Å². The lowest BCUT2D eigenvalue weighted by Crippen LogP contribution is -1.94. The molecule has 2 aromatic rings. The van der Waals surface area contributed by atoms with Crippen molar-refractivity contribution >= 4 is 21.6 Å². The third-order valence-corrected chi connectivity index (χ3v) is 2.86. The van der Waals surface area contributed by atoms with Crippen LogP contribution in [0.1, 0.15) is 5.56 Å². The van der Waals surface area contributed by atoms with E-state index in [1.807, 2.05) is 6.92 Å². The van der Waals surface area contributed by atoms with Crippen molar-refractivity contribution in [2.45, 2.75) is 6.92 Å². The van der Waals surface area contributed by atoms with E-state index in [2.05, 4.69) is 20.9 Å². The summed E-state index contributed by atoms with van der Waals surface area (Å²) < 4.78 is 6.19. The zero-order valence-corrected chi connectivity index (χ0v) is 11.0. The van der Waals surface area contributed by atoms with Gasteiger partial charge in [0, 0.05) is 24.5 Å². The number of nitrogens with zero attached hydrogens (tertiary/aromatic N) is 2. The van der Waals surface area contributed by atoms with Gasteiger partial charge in [0.1, 0.15) is 5.75 Å². The van der Waals surface area contributed by atoms with Gasteiger partial charge in [-0.25, -0.2) is 0 Å². The Morgan fingerprint density at radius 3 is 2.78 bits per heavy atom. The average molecular weight is 309 g/mol. The van der Waals surface area contributed by atoms with Crippen LogP contribution >= 0.6 is 15.9 Å². The molecule has 0 aliphatic rings. The molecule has 1 heterocycles. The summed E-state index contributed by atoms with van der Waals surface area (Å²) in [6, 6.07) is 6.37. The standard InChI is InChI=1S/C12H9BrN2O3/c1-8-2-3-10(15(16)17)12(6-8)18-11-4-5-14-7-9(11)13/h2-7H,1H3. The van der Waals surface area contributed by atoms with Gasteiger partial charge in [0.05, 0.1) is 9.40 Å². The van der Waals surface area contributed by atoms with Crippen molar-refractivity contribution in [3.63, 3.8) is 0 Å². The Hall–Kier alpha value is -1.95. The number of nitro groups is 1. The van der Waals surface area contributed by atoms with Gasteiger partial charge in [0.2, 0.25) is 5.75 Å². The van der Waals surface area contributed by atoms with Crippen molar-refractivity contribution in [1.29, 1.82) is 0 Å². The van der Waals surface area contributed by atoms with Crippen LogP contribution in [0.5, 0.6) is 11.5 Å². The Balaban J connectivity index is 2.42. The summed E-state index contributed by atoms with van der Waals surface area (Å²) in [5.74, 6) is 0.700. The average Bonchev–Trinajstić information content (AvgIpc) is 2.32. The van der Waals surface area contributed by atoms with Gasteiger partial charge in [-0.1, -0.05) is 6.07 Å². The third kappa shape index (κ3) is 2.65. The summed E-state index contributed by atoms with van der Waals surface area (Å²) in [5, 5.41) is 10.9. The molecule has 0 saturated carbocycles. The van der Waals surface area contributed by atoms with Gasteiger partial charge in [-0.05, 0) is 34.5 Å². The van der Waals surface area contributed by atoms with Crippen LogP contribution in [0.2, 0.25) is 0 Å². The highest BCUT2D eigenvalue weighted by molar-refractivity contribution is 9.10. The summed E-state index contributed by atoms with van der Waals surface area (Å²) in [4.78, 5) is 14.3. The first-order chi connectivity index (χ1) is 8.58. The Labute approximate surface area is 112 Å². The maximum absolute atomic E-state index is 10.9. The number of halogens is 1. The molecular formula is C12H9BrN2O3. The lowest BCUT2D eigenvalue weighted by atomic mass is 10.2. The van der Waals surface area contributed by atoms with E-state index in [0.717, 1.165) is 5.56 Å². The summed E-state index contributed by atoms with van der Waals surface area (Å²) in [5.41, 5.74) is 0.824. The molecule has 0 atom stereocenters. The third-order valence-electron chi connectivity index (χ3n) is 2.27. The fraction of sp³-hybridized carbons (Fsp3) is 0.0833. The van der Waals surface area contributed by atoms with Crippen LogP contribution in [0.25, 0.3) is 0 Å². The smallest absolute Gasteiger partial charge is 0.311 e. The SMILES string of the molecule is Cc1ccc([N+](=O)[O-])c(Oc2ccncc2Br)c1. The zero-order chi connectivity index (χ0) is 13.1. The molecule has 0 radical (unpaired) electrons. The molecule has 0 spiro atoms. The Bertz CT molecular complexity index is 602. The molecule has 92 valence electrons.